The van der Waals surface area contributed by atoms with Crippen LogP contribution in [-0.4, -0.2) is 5.71 Å². The first kappa shape index (κ1) is 18.7. The molecule has 3 aromatic rings. The maximum atomic E-state index is 13.6. The number of hydrazone groups is 1. The van der Waals surface area contributed by atoms with Crippen molar-refractivity contribution in [3.63, 3.8) is 0 Å². The molecule has 0 saturated heterocycles. The molecule has 0 amide bonds. The van der Waals surface area contributed by atoms with Crippen LogP contribution in [0.4, 0.5) is 14.5 Å². The Morgan fingerprint density at radius 3 is 2.20 bits per heavy atom. The molecule has 1 saturated carbocycles. The fourth-order valence-corrected chi connectivity index (χ4v) is 4.55. The lowest BCUT2D eigenvalue weighted by molar-refractivity contribution is 0.487. The zero-order chi connectivity index (χ0) is 20.5. The predicted molar refractivity (Wildman–Crippen MR) is 117 cm³/mol. The van der Waals surface area contributed by atoms with Crippen molar-refractivity contribution >= 4 is 17.5 Å². The normalized spacial score (nSPS) is 22.1. The molecule has 150 valence electrons. The van der Waals surface area contributed by atoms with Crippen LogP contribution in [0, 0.1) is 17.6 Å². The van der Waals surface area contributed by atoms with E-state index in [4.69, 9.17) is 5.10 Å². The van der Waals surface area contributed by atoms with Crippen LogP contribution in [0.15, 0.2) is 89.5 Å². The molecule has 2 aliphatic rings. The first-order chi connectivity index (χ1) is 14.7. The molecule has 0 radical (unpaired) electrons. The molecule has 1 fully saturated rings. The van der Waals surface area contributed by atoms with Crippen molar-refractivity contribution < 1.29 is 8.78 Å². The number of nitrogens with zero attached hydrogens (tertiary/aromatic N) is 2. The molecule has 1 aliphatic heterocycles. The molecule has 1 heterocycles. The van der Waals surface area contributed by atoms with E-state index in [9.17, 15) is 8.78 Å². The van der Waals surface area contributed by atoms with E-state index in [0.29, 0.717) is 0 Å². The van der Waals surface area contributed by atoms with Crippen LogP contribution in [0.1, 0.15) is 36.4 Å². The Bertz CT molecular complexity index is 1090. The molecule has 30 heavy (non-hydrogen) atoms. The highest BCUT2D eigenvalue weighted by atomic mass is 19.1. The molecule has 3 aromatic carbocycles. The van der Waals surface area contributed by atoms with Crippen molar-refractivity contribution in [1.29, 1.82) is 0 Å². The van der Waals surface area contributed by atoms with E-state index in [1.54, 1.807) is 12.1 Å². The quantitative estimate of drug-likeness (QED) is 0.474. The van der Waals surface area contributed by atoms with Gasteiger partial charge in [0, 0.05) is 5.92 Å². The molecule has 1 aliphatic carbocycles. The van der Waals surface area contributed by atoms with Crippen LogP contribution >= 0.6 is 0 Å². The number of hydrogen-bond donors (Lipinski definition) is 0. The third-order valence-corrected chi connectivity index (χ3v) is 5.94. The largest absolute Gasteiger partial charge is 0.257 e. The highest BCUT2D eigenvalue weighted by molar-refractivity contribution is 6.08. The van der Waals surface area contributed by atoms with E-state index in [0.717, 1.165) is 41.8 Å². The van der Waals surface area contributed by atoms with Gasteiger partial charge in [0.2, 0.25) is 0 Å². The van der Waals surface area contributed by atoms with Gasteiger partial charge in [0.1, 0.15) is 11.6 Å². The molecule has 0 bridgehead atoms. The van der Waals surface area contributed by atoms with E-state index in [1.165, 1.54) is 29.8 Å². The third-order valence-electron chi connectivity index (χ3n) is 5.94. The number of halogens is 2. The molecular weight excluding hydrogens is 378 g/mol. The van der Waals surface area contributed by atoms with Gasteiger partial charge in [-0.25, -0.2) is 8.78 Å². The second-order valence-corrected chi connectivity index (χ2v) is 7.88. The molecule has 2 atom stereocenters. The summed E-state index contributed by atoms with van der Waals surface area (Å²) in [7, 11) is 0. The number of fused-ring (bicyclic) bond motifs is 1. The van der Waals surface area contributed by atoms with Crippen LogP contribution in [0.5, 0.6) is 0 Å². The summed E-state index contributed by atoms with van der Waals surface area (Å²) >= 11 is 0. The van der Waals surface area contributed by atoms with Crippen LogP contribution in [-0.2, 0) is 0 Å². The van der Waals surface area contributed by atoms with Gasteiger partial charge in [0.15, 0.2) is 0 Å². The lowest BCUT2D eigenvalue weighted by atomic mass is 9.77. The van der Waals surface area contributed by atoms with E-state index >= 15 is 0 Å². The Labute approximate surface area is 175 Å². The summed E-state index contributed by atoms with van der Waals surface area (Å²) in [5, 5.41) is 7.15. The third kappa shape index (κ3) is 3.54. The highest BCUT2D eigenvalue weighted by Gasteiger charge is 2.41. The van der Waals surface area contributed by atoms with Gasteiger partial charge in [-0.2, -0.15) is 5.10 Å². The van der Waals surface area contributed by atoms with Gasteiger partial charge in [-0.3, -0.25) is 5.01 Å². The maximum Gasteiger partial charge on any atom is 0.123 e. The van der Waals surface area contributed by atoms with Crippen LogP contribution in [0.2, 0.25) is 0 Å². The summed E-state index contributed by atoms with van der Waals surface area (Å²) in [6.45, 7) is 0. The van der Waals surface area contributed by atoms with Gasteiger partial charge in [-0.1, -0.05) is 42.5 Å². The van der Waals surface area contributed by atoms with Gasteiger partial charge in [0.05, 0.1) is 17.4 Å². The van der Waals surface area contributed by atoms with Crippen molar-refractivity contribution in [2.75, 3.05) is 5.01 Å². The van der Waals surface area contributed by atoms with Crippen LogP contribution in [0.3, 0.4) is 0 Å². The lowest BCUT2D eigenvalue weighted by Gasteiger charge is -2.30. The molecule has 0 spiro atoms. The molecule has 0 aromatic heterocycles. The average Bonchev–Trinajstić information content (AvgIpc) is 3.17. The maximum absolute atomic E-state index is 13.6. The fourth-order valence-electron chi connectivity index (χ4n) is 4.55. The van der Waals surface area contributed by atoms with Gasteiger partial charge in [0.25, 0.3) is 0 Å². The SMILES string of the molecule is Fc1ccc(C=C2CCC[C@@H]3C2=NN(c2ccccc2)[C@H]3c2ccc(F)cc2)cc1. The number of para-hydroxylation sites is 1. The second-order valence-electron chi connectivity index (χ2n) is 7.88. The van der Waals surface area contributed by atoms with E-state index in [-0.39, 0.29) is 23.6 Å². The van der Waals surface area contributed by atoms with Gasteiger partial charge in [-0.05, 0) is 78.4 Å². The Balaban J connectivity index is 1.58. The van der Waals surface area contributed by atoms with Crippen molar-refractivity contribution in [3.8, 4) is 0 Å². The fraction of sp³-hybridized carbons (Fsp3) is 0.192. The molecule has 4 heteroatoms. The highest BCUT2D eigenvalue weighted by Crippen LogP contribution is 2.46. The minimum atomic E-state index is -0.233. The number of allylic oxidation sites excluding steroid dienone is 1. The minimum Gasteiger partial charge on any atom is -0.257 e. The molecular formula is C26H22F2N2. The van der Waals surface area contributed by atoms with Crippen LogP contribution < -0.4 is 5.01 Å². The number of benzene rings is 3. The van der Waals surface area contributed by atoms with Gasteiger partial charge >= 0.3 is 0 Å². The second kappa shape index (κ2) is 7.86. The summed E-state index contributed by atoms with van der Waals surface area (Å²) in [6, 6.07) is 23.5. The monoisotopic (exact) mass is 400 g/mol. The zero-order valence-corrected chi connectivity index (χ0v) is 16.5. The van der Waals surface area contributed by atoms with Crippen molar-refractivity contribution in [2.45, 2.75) is 25.3 Å². The summed E-state index contributed by atoms with van der Waals surface area (Å²) in [5.41, 5.74) is 5.35. The Morgan fingerprint density at radius 2 is 1.50 bits per heavy atom. The van der Waals surface area contributed by atoms with Crippen LogP contribution in [0.25, 0.3) is 6.08 Å². The van der Waals surface area contributed by atoms with E-state index in [2.05, 4.69) is 23.2 Å². The molecule has 5 rings (SSSR count). The summed E-state index contributed by atoms with van der Waals surface area (Å²) in [5.74, 6) is -0.232. The van der Waals surface area contributed by atoms with Crippen molar-refractivity contribution in [1.82, 2.24) is 0 Å². The first-order valence-corrected chi connectivity index (χ1v) is 10.3. The number of anilines is 1. The minimum absolute atomic E-state index is 0.0277. The molecule has 0 unspecified atom stereocenters. The number of rotatable bonds is 3. The Hall–Kier alpha value is -3.27. The Kier molecular flexibility index (Phi) is 4.91. The summed E-state index contributed by atoms with van der Waals surface area (Å²) in [6.07, 6.45) is 5.17. The smallest absolute Gasteiger partial charge is 0.123 e. The first-order valence-electron chi connectivity index (χ1n) is 10.3. The topological polar surface area (TPSA) is 15.6 Å². The van der Waals surface area contributed by atoms with Crippen molar-refractivity contribution in [3.05, 3.63) is 107 Å². The lowest BCUT2D eigenvalue weighted by Crippen LogP contribution is -2.28. The predicted octanol–water partition coefficient (Wildman–Crippen LogP) is 6.77. The van der Waals surface area contributed by atoms with Gasteiger partial charge < -0.3 is 0 Å². The summed E-state index contributed by atoms with van der Waals surface area (Å²) < 4.78 is 26.9. The van der Waals surface area contributed by atoms with E-state index < -0.39 is 0 Å². The molecule has 2 nitrogen and oxygen atoms in total. The zero-order valence-electron chi connectivity index (χ0n) is 16.5. The Morgan fingerprint density at radius 1 is 0.833 bits per heavy atom. The van der Waals surface area contributed by atoms with Gasteiger partial charge in [-0.15, -0.1) is 0 Å². The average molecular weight is 400 g/mol. The summed E-state index contributed by atoms with van der Waals surface area (Å²) in [4.78, 5) is 0. The standard InChI is InChI=1S/C26H22F2N2/c27-21-13-9-18(10-14-21)17-20-5-4-8-24-25(20)29-30(23-6-2-1-3-7-23)26(24)19-11-15-22(28)16-12-19/h1-3,6-7,9-17,24,26H,4-5,8H2/t24-,26+/m1/s1. The molecule has 0 N–H and O–H groups in total. The van der Waals surface area contributed by atoms with E-state index in [1.807, 2.05) is 30.3 Å². The number of hydrogen-bond acceptors (Lipinski definition) is 2. The van der Waals surface area contributed by atoms with Crippen molar-refractivity contribution in [2.24, 2.45) is 11.0 Å².